The second-order valence-corrected chi connectivity index (χ2v) is 9.50. The van der Waals surface area contributed by atoms with Gasteiger partial charge in [-0.15, -0.1) is 0 Å². The van der Waals surface area contributed by atoms with Gasteiger partial charge in [-0.3, -0.25) is 4.79 Å². The number of nitrogens with zero attached hydrogens (tertiary/aromatic N) is 1. The standard InChI is InChI=1S/C19H26N2OS2/c1-14(2)21-11-9-15-13-16(7-8-18(15)21)20-19(22)6-4-3-5-17-10-12-23-24-17/h7-9,11,13-14,17H,3-6,10,12H2,1-2H3,(H,20,22). The van der Waals surface area contributed by atoms with Gasteiger partial charge in [0.05, 0.1) is 0 Å². The number of nitrogens with one attached hydrogen (secondary N) is 1. The van der Waals surface area contributed by atoms with Crippen LogP contribution in [0, 0.1) is 0 Å². The third-order valence-electron chi connectivity index (χ3n) is 4.47. The van der Waals surface area contributed by atoms with Crippen molar-refractivity contribution >= 4 is 44.1 Å². The summed E-state index contributed by atoms with van der Waals surface area (Å²) in [6.07, 6.45) is 7.45. The number of carbonyl (C=O) groups excluding carboxylic acids is 1. The van der Waals surface area contributed by atoms with Gasteiger partial charge < -0.3 is 9.88 Å². The van der Waals surface area contributed by atoms with Gasteiger partial charge in [-0.05, 0) is 57.4 Å². The van der Waals surface area contributed by atoms with Gasteiger partial charge in [-0.25, -0.2) is 0 Å². The molecule has 1 atom stereocenters. The summed E-state index contributed by atoms with van der Waals surface area (Å²) in [6, 6.07) is 8.73. The maximum Gasteiger partial charge on any atom is 0.224 e. The van der Waals surface area contributed by atoms with Gasteiger partial charge in [-0.2, -0.15) is 0 Å². The molecular weight excluding hydrogens is 336 g/mol. The molecule has 5 heteroatoms. The van der Waals surface area contributed by atoms with E-state index < -0.39 is 0 Å². The van der Waals surface area contributed by atoms with Crippen molar-refractivity contribution < 1.29 is 4.79 Å². The lowest BCUT2D eigenvalue weighted by atomic mass is 10.1. The maximum atomic E-state index is 12.1. The highest BCUT2D eigenvalue weighted by atomic mass is 33.1. The molecule has 0 spiro atoms. The Balaban J connectivity index is 1.48. The minimum atomic E-state index is 0.131. The smallest absolute Gasteiger partial charge is 0.224 e. The van der Waals surface area contributed by atoms with Crippen LogP contribution in [-0.2, 0) is 4.79 Å². The predicted molar refractivity (Wildman–Crippen MR) is 108 cm³/mol. The van der Waals surface area contributed by atoms with Gasteiger partial charge in [0.1, 0.15) is 0 Å². The summed E-state index contributed by atoms with van der Waals surface area (Å²) >= 11 is 0. The first-order valence-electron chi connectivity index (χ1n) is 8.82. The Bertz CT molecular complexity index is 690. The molecule has 3 rings (SSSR count). The van der Waals surface area contributed by atoms with Gasteiger partial charge in [0.2, 0.25) is 5.91 Å². The zero-order chi connectivity index (χ0) is 16.9. The lowest BCUT2D eigenvalue weighted by Gasteiger charge is -2.10. The molecule has 0 saturated carbocycles. The van der Waals surface area contributed by atoms with Crippen LogP contribution in [0.4, 0.5) is 5.69 Å². The fourth-order valence-corrected chi connectivity index (χ4v) is 6.17. The van der Waals surface area contributed by atoms with Crippen molar-refractivity contribution in [3.05, 3.63) is 30.5 Å². The molecule has 2 aromatic rings. The van der Waals surface area contributed by atoms with Crippen LogP contribution in [0.2, 0.25) is 0 Å². The molecule has 1 aromatic heterocycles. The number of unbranched alkanes of at least 4 members (excludes halogenated alkanes) is 1. The molecule has 0 radical (unpaired) electrons. The van der Waals surface area contributed by atoms with E-state index in [1.165, 1.54) is 29.5 Å². The van der Waals surface area contributed by atoms with Crippen LogP contribution < -0.4 is 5.32 Å². The Morgan fingerprint density at radius 2 is 2.21 bits per heavy atom. The largest absolute Gasteiger partial charge is 0.345 e. The van der Waals surface area contributed by atoms with Crippen LogP contribution in [0.5, 0.6) is 0 Å². The molecule has 24 heavy (non-hydrogen) atoms. The molecule has 2 heterocycles. The first kappa shape index (κ1) is 17.7. The summed E-state index contributed by atoms with van der Waals surface area (Å²) in [5.74, 6) is 1.42. The Hall–Kier alpha value is -1.07. The number of aromatic nitrogens is 1. The average Bonchev–Trinajstić information content (AvgIpc) is 3.20. The number of fused-ring (bicyclic) bond motifs is 1. The van der Waals surface area contributed by atoms with E-state index in [-0.39, 0.29) is 5.91 Å². The highest BCUT2D eigenvalue weighted by molar-refractivity contribution is 8.77. The van der Waals surface area contributed by atoms with Crippen molar-refractivity contribution in [2.75, 3.05) is 11.1 Å². The van der Waals surface area contributed by atoms with Crippen molar-refractivity contribution in [2.24, 2.45) is 0 Å². The lowest BCUT2D eigenvalue weighted by Crippen LogP contribution is -2.11. The van der Waals surface area contributed by atoms with E-state index in [9.17, 15) is 4.79 Å². The normalized spacial score (nSPS) is 17.7. The summed E-state index contributed by atoms with van der Waals surface area (Å²) in [6.45, 7) is 4.36. The molecule has 1 amide bonds. The predicted octanol–water partition coefficient (Wildman–Crippen LogP) is 5.87. The van der Waals surface area contributed by atoms with Gasteiger partial charge in [0.15, 0.2) is 0 Å². The number of hydrogen-bond donors (Lipinski definition) is 1. The monoisotopic (exact) mass is 362 g/mol. The van der Waals surface area contributed by atoms with Crippen LogP contribution in [0.3, 0.4) is 0 Å². The minimum absolute atomic E-state index is 0.131. The summed E-state index contributed by atoms with van der Waals surface area (Å²) in [5, 5.41) is 5.03. The molecule has 1 aromatic carbocycles. The number of amides is 1. The highest BCUT2D eigenvalue weighted by Gasteiger charge is 2.15. The van der Waals surface area contributed by atoms with Crippen molar-refractivity contribution in [1.29, 1.82) is 0 Å². The van der Waals surface area contributed by atoms with Crippen molar-refractivity contribution in [1.82, 2.24) is 4.57 Å². The number of rotatable bonds is 7. The van der Waals surface area contributed by atoms with E-state index in [0.29, 0.717) is 12.5 Å². The molecule has 1 N–H and O–H groups in total. The van der Waals surface area contributed by atoms with E-state index in [4.69, 9.17) is 0 Å². The van der Waals surface area contributed by atoms with E-state index in [0.717, 1.165) is 23.8 Å². The number of benzene rings is 1. The van der Waals surface area contributed by atoms with E-state index in [1.54, 1.807) is 0 Å². The Kier molecular flexibility index (Phi) is 6.17. The highest BCUT2D eigenvalue weighted by Crippen LogP contribution is 2.39. The fraction of sp³-hybridized carbons (Fsp3) is 0.526. The maximum absolute atomic E-state index is 12.1. The second-order valence-electron chi connectivity index (χ2n) is 6.71. The zero-order valence-electron chi connectivity index (χ0n) is 14.5. The molecule has 1 fully saturated rings. The summed E-state index contributed by atoms with van der Waals surface area (Å²) in [7, 11) is 4.01. The quantitative estimate of drug-likeness (QED) is 0.494. The molecule has 1 saturated heterocycles. The van der Waals surface area contributed by atoms with Crippen molar-refractivity contribution in [3.8, 4) is 0 Å². The van der Waals surface area contributed by atoms with E-state index in [2.05, 4.69) is 48.1 Å². The average molecular weight is 363 g/mol. The molecule has 0 aliphatic carbocycles. The van der Waals surface area contributed by atoms with Crippen molar-refractivity contribution in [3.63, 3.8) is 0 Å². The Morgan fingerprint density at radius 3 is 2.96 bits per heavy atom. The molecule has 3 nitrogen and oxygen atoms in total. The lowest BCUT2D eigenvalue weighted by molar-refractivity contribution is -0.116. The first-order valence-corrected chi connectivity index (χ1v) is 11.2. The summed E-state index contributed by atoms with van der Waals surface area (Å²) in [5.41, 5.74) is 2.12. The van der Waals surface area contributed by atoms with E-state index in [1.807, 2.05) is 27.7 Å². The Morgan fingerprint density at radius 1 is 1.33 bits per heavy atom. The molecule has 1 aliphatic rings. The number of carbonyl (C=O) groups is 1. The van der Waals surface area contributed by atoms with Gasteiger partial charge in [0, 0.05) is 46.3 Å². The Labute approximate surface area is 152 Å². The molecule has 1 unspecified atom stereocenters. The molecule has 0 bridgehead atoms. The third kappa shape index (κ3) is 4.51. The van der Waals surface area contributed by atoms with Crippen LogP contribution in [0.15, 0.2) is 30.5 Å². The van der Waals surface area contributed by atoms with Crippen LogP contribution in [-0.4, -0.2) is 21.5 Å². The summed E-state index contributed by atoms with van der Waals surface area (Å²) < 4.78 is 2.25. The molecular formula is C19H26N2OS2. The van der Waals surface area contributed by atoms with Gasteiger partial charge >= 0.3 is 0 Å². The topological polar surface area (TPSA) is 34.0 Å². The second kappa shape index (κ2) is 8.34. The third-order valence-corrected chi connectivity index (χ3v) is 7.47. The van der Waals surface area contributed by atoms with E-state index >= 15 is 0 Å². The molecule has 1 aliphatic heterocycles. The minimum Gasteiger partial charge on any atom is -0.345 e. The van der Waals surface area contributed by atoms with Crippen LogP contribution in [0.25, 0.3) is 10.9 Å². The van der Waals surface area contributed by atoms with Gasteiger partial charge in [-0.1, -0.05) is 28.0 Å². The van der Waals surface area contributed by atoms with Crippen LogP contribution in [0.1, 0.15) is 52.0 Å². The number of anilines is 1. The van der Waals surface area contributed by atoms with Crippen LogP contribution >= 0.6 is 21.6 Å². The number of hydrogen-bond acceptors (Lipinski definition) is 3. The van der Waals surface area contributed by atoms with Gasteiger partial charge in [0.25, 0.3) is 0 Å². The zero-order valence-corrected chi connectivity index (χ0v) is 16.1. The first-order chi connectivity index (χ1) is 11.6. The summed E-state index contributed by atoms with van der Waals surface area (Å²) in [4.78, 5) is 12.1. The fourth-order valence-electron chi connectivity index (χ4n) is 3.14. The molecule has 130 valence electrons. The van der Waals surface area contributed by atoms with Crippen molar-refractivity contribution in [2.45, 2.75) is 57.2 Å². The SMILES string of the molecule is CC(C)n1ccc2cc(NC(=O)CCCCC3CCSS3)ccc21.